The quantitative estimate of drug-likeness (QED) is 0.718. The minimum Gasteiger partial charge on any atom is -0.266 e. The van der Waals surface area contributed by atoms with Gasteiger partial charge < -0.3 is 0 Å². The van der Waals surface area contributed by atoms with Gasteiger partial charge in [-0.05, 0) is 29.2 Å². The molecule has 0 aromatic heterocycles. The molecule has 19 heavy (non-hydrogen) atoms. The molecule has 1 atom stereocenters. The zero-order chi connectivity index (χ0) is 13.9. The summed E-state index contributed by atoms with van der Waals surface area (Å²) in [6, 6.07) is 10.6. The number of hydrogen-bond acceptors (Lipinski definition) is 1. The van der Waals surface area contributed by atoms with Crippen molar-refractivity contribution >= 4 is 5.71 Å². The summed E-state index contributed by atoms with van der Waals surface area (Å²) in [7, 11) is 0. The van der Waals surface area contributed by atoms with Crippen LogP contribution in [0.1, 0.15) is 46.1 Å². The molecule has 0 bridgehead atoms. The Balaban J connectivity index is 2.05. The van der Waals surface area contributed by atoms with Gasteiger partial charge in [0.2, 0.25) is 0 Å². The normalized spacial score (nSPS) is 23.3. The number of nitrogens with zero attached hydrogens (tertiary/aromatic N) is 1. The maximum absolute atomic E-state index is 4.59. The van der Waals surface area contributed by atoms with Crippen LogP contribution in [0.25, 0.3) is 0 Å². The Kier molecular flexibility index (Phi) is 3.93. The molecule has 0 saturated heterocycles. The minimum atomic E-state index is 0.254. The highest BCUT2D eigenvalue weighted by molar-refractivity contribution is 5.88. The van der Waals surface area contributed by atoms with Crippen LogP contribution < -0.4 is 0 Å². The van der Waals surface area contributed by atoms with Gasteiger partial charge in [-0.1, -0.05) is 64.1 Å². The maximum atomic E-state index is 4.59. The van der Waals surface area contributed by atoms with Gasteiger partial charge in [0.25, 0.3) is 0 Å². The lowest BCUT2D eigenvalue weighted by atomic mass is 9.71. The number of aliphatic imine (C=N–C) groups is 1. The Bertz CT molecular complexity index is 476. The third kappa shape index (κ3) is 4.34. The number of benzene rings is 1. The summed E-state index contributed by atoms with van der Waals surface area (Å²) in [5, 5.41) is 0. The summed E-state index contributed by atoms with van der Waals surface area (Å²) >= 11 is 0. The van der Waals surface area contributed by atoms with Crippen molar-refractivity contribution in [1.29, 1.82) is 0 Å². The third-order valence-electron chi connectivity index (χ3n) is 3.53. The Morgan fingerprint density at radius 3 is 2.47 bits per heavy atom. The van der Waals surface area contributed by atoms with Crippen molar-refractivity contribution in [3.63, 3.8) is 0 Å². The van der Waals surface area contributed by atoms with Crippen molar-refractivity contribution in [1.82, 2.24) is 0 Å². The molecular weight excluding hydrogens is 230 g/mol. The van der Waals surface area contributed by atoms with E-state index >= 15 is 0 Å². The Labute approximate surface area is 117 Å². The van der Waals surface area contributed by atoms with Crippen LogP contribution in [-0.4, -0.2) is 5.71 Å². The second kappa shape index (κ2) is 5.32. The lowest BCUT2D eigenvalue weighted by Crippen LogP contribution is -2.27. The maximum Gasteiger partial charge on any atom is 0.0233 e. The van der Waals surface area contributed by atoms with Crippen molar-refractivity contribution in [3.8, 4) is 0 Å². The molecule has 1 nitrogen and oxygen atoms in total. The highest BCUT2D eigenvalue weighted by Gasteiger charge is 2.30. The molecule has 2 rings (SSSR count). The van der Waals surface area contributed by atoms with E-state index in [1.54, 1.807) is 0 Å². The molecule has 1 aromatic carbocycles. The van der Waals surface area contributed by atoms with Gasteiger partial charge in [-0.3, -0.25) is 4.99 Å². The van der Waals surface area contributed by atoms with Gasteiger partial charge in [0.05, 0.1) is 0 Å². The van der Waals surface area contributed by atoms with E-state index in [1.165, 1.54) is 17.7 Å². The third-order valence-corrected chi connectivity index (χ3v) is 3.53. The molecule has 1 aromatic rings. The summed E-state index contributed by atoms with van der Waals surface area (Å²) in [4.78, 5) is 4.59. The number of allylic oxidation sites excluding steroid dienone is 1. The summed E-state index contributed by atoms with van der Waals surface area (Å²) in [6.45, 7) is 9.30. The topological polar surface area (TPSA) is 12.4 Å². The molecule has 1 aliphatic heterocycles. The lowest BCUT2D eigenvalue weighted by molar-refractivity contribution is 0.247. The monoisotopic (exact) mass is 255 g/mol. The van der Waals surface area contributed by atoms with Crippen molar-refractivity contribution in [3.05, 3.63) is 48.2 Å². The first kappa shape index (κ1) is 14.0. The highest BCUT2D eigenvalue weighted by atomic mass is 14.7. The SMILES string of the molecule is CC(C)(C)CC1(C)C=CN=C(Cc2ccccc2)C1. The fraction of sp³-hybridized carbons (Fsp3) is 0.500. The first-order valence-electron chi connectivity index (χ1n) is 7.14. The summed E-state index contributed by atoms with van der Waals surface area (Å²) in [5.41, 5.74) is 3.27. The average Bonchev–Trinajstić information content (AvgIpc) is 2.27. The number of hydrogen-bond donors (Lipinski definition) is 0. The molecule has 1 unspecified atom stereocenters. The van der Waals surface area contributed by atoms with Gasteiger partial charge in [0, 0.05) is 18.3 Å². The zero-order valence-corrected chi connectivity index (χ0v) is 12.6. The molecule has 0 N–H and O–H groups in total. The molecule has 1 aliphatic rings. The van der Waals surface area contributed by atoms with Gasteiger partial charge >= 0.3 is 0 Å². The van der Waals surface area contributed by atoms with Crippen molar-refractivity contribution in [2.24, 2.45) is 15.8 Å². The van der Waals surface area contributed by atoms with E-state index in [9.17, 15) is 0 Å². The van der Waals surface area contributed by atoms with E-state index in [0.717, 1.165) is 12.8 Å². The van der Waals surface area contributed by atoms with Gasteiger partial charge in [-0.2, -0.15) is 0 Å². The average molecular weight is 255 g/mol. The van der Waals surface area contributed by atoms with Crippen LogP contribution in [0.15, 0.2) is 47.6 Å². The van der Waals surface area contributed by atoms with Crippen LogP contribution in [0.2, 0.25) is 0 Å². The highest BCUT2D eigenvalue weighted by Crippen LogP contribution is 2.39. The van der Waals surface area contributed by atoms with Crippen LogP contribution in [0.3, 0.4) is 0 Å². The standard InChI is InChI=1S/C18H25N/c1-17(2,3)14-18(4)10-11-19-16(13-18)12-15-8-6-5-7-9-15/h5-11H,12-14H2,1-4H3. The van der Waals surface area contributed by atoms with Crippen LogP contribution in [0.4, 0.5) is 0 Å². The molecule has 0 amide bonds. The lowest BCUT2D eigenvalue weighted by Gasteiger charge is -2.35. The van der Waals surface area contributed by atoms with Gasteiger partial charge in [-0.25, -0.2) is 0 Å². The smallest absolute Gasteiger partial charge is 0.0233 e. The summed E-state index contributed by atoms with van der Waals surface area (Å²) < 4.78 is 0. The molecule has 0 spiro atoms. The molecular formula is C18H25N. The first-order valence-corrected chi connectivity index (χ1v) is 7.14. The van der Waals surface area contributed by atoms with Crippen molar-refractivity contribution < 1.29 is 0 Å². The van der Waals surface area contributed by atoms with E-state index in [-0.39, 0.29) is 5.41 Å². The first-order chi connectivity index (χ1) is 8.86. The molecule has 0 radical (unpaired) electrons. The van der Waals surface area contributed by atoms with Crippen LogP contribution in [-0.2, 0) is 6.42 Å². The van der Waals surface area contributed by atoms with E-state index < -0.39 is 0 Å². The molecule has 0 aliphatic carbocycles. The Hall–Kier alpha value is -1.37. The van der Waals surface area contributed by atoms with Crippen molar-refractivity contribution in [2.75, 3.05) is 0 Å². The van der Waals surface area contributed by atoms with E-state index in [2.05, 4.69) is 69.1 Å². The molecule has 102 valence electrons. The predicted molar refractivity (Wildman–Crippen MR) is 83.5 cm³/mol. The molecule has 1 heteroatoms. The van der Waals surface area contributed by atoms with Gasteiger partial charge in [0.1, 0.15) is 0 Å². The van der Waals surface area contributed by atoms with E-state index in [1.807, 2.05) is 6.20 Å². The van der Waals surface area contributed by atoms with Crippen LogP contribution in [0.5, 0.6) is 0 Å². The largest absolute Gasteiger partial charge is 0.266 e. The zero-order valence-electron chi connectivity index (χ0n) is 12.6. The summed E-state index contributed by atoms with van der Waals surface area (Å²) in [6.07, 6.45) is 7.55. The Morgan fingerprint density at radius 1 is 1.16 bits per heavy atom. The van der Waals surface area contributed by atoms with Crippen LogP contribution >= 0.6 is 0 Å². The van der Waals surface area contributed by atoms with E-state index in [0.29, 0.717) is 5.41 Å². The fourth-order valence-corrected chi connectivity index (χ4v) is 3.17. The fourth-order valence-electron chi connectivity index (χ4n) is 3.17. The second-order valence-corrected chi connectivity index (χ2v) is 7.24. The molecule has 0 fully saturated rings. The summed E-state index contributed by atoms with van der Waals surface area (Å²) in [5.74, 6) is 0. The van der Waals surface area contributed by atoms with Gasteiger partial charge in [0.15, 0.2) is 0 Å². The van der Waals surface area contributed by atoms with E-state index in [4.69, 9.17) is 0 Å². The molecule has 1 heterocycles. The minimum absolute atomic E-state index is 0.254. The predicted octanol–water partition coefficient (Wildman–Crippen LogP) is 5.03. The Morgan fingerprint density at radius 2 is 1.84 bits per heavy atom. The molecule has 0 saturated carbocycles. The van der Waals surface area contributed by atoms with Crippen LogP contribution in [0, 0.1) is 10.8 Å². The number of rotatable bonds is 3. The second-order valence-electron chi connectivity index (χ2n) is 7.24. The van der Waals surface area contributed by atoms with Crippen molar-refractivity contribution in [2.45, 2.75) is 47.0 Å². The van der Waals surface area contributed by atoms with Gasteiger partial charge in [-0.15, -0.1) is 0 Å².